The Balaban J connectivity index is 1.73. The summed E-state index contributed by atoms with van der Waals surface area (Å²) in [5.74, 6) is -1.02. The number of nitro groups is 1. The molecular formula is C23H26N4O6. The van der Waals surface area contributed by atoms with E-state index in [-0.39, 0.29) is 29.6 Å². The first-order valence-corrected chi connectivity index (χ1v) is 10.8. The molecule has 1 N–H and O–H groups in total. The van der Waals surface area contributed by atoms with Gasteiger partial charge in [0.25, 0.3) is 5.91 Å². The third-order valence-electron chi connectivity index (χ3n) is 5.84. The zero-order chi connectivity index (χ0) is 24.1. The number of nitriles is 1. The van der Waals surface area contributed by atoms with Crippen molar-refractivity contribution in [3.63, 3.8) is 0 Å². The van der Waals surface area contributed by atoms with Crippen LogP contribution < -0.4 is 10.1 Å². The molecule has 0 spiro atoms. The van der Waals surface area contributed by atoms with E-state index in [1.807, 2.05) is 18.4 Å². The summed E-state index contributed by atoms with van der Waals surface area (Å²) in [6.45, 7) is 5.08. The standard InChI is InChI=1S/C23H26N4O6/c1-4-32-20-10-9-16(11-19(20)27(30)31)23(29)33-13-21(28)25-22-18(12-24)14(2)15(3)26(22)17-7-5-6-8-17/h9-11,17H,4-8,13H2,1-3H3,(H,25,28). The summed E-state index contributed by atoms with van der Waals surface area (Å²) in [5.41, 5.74) is 1.68. The Morgan fingerprint density at radius 1 is 1.30 bits per heavy atom. The fourth-order valence-electron chi connectivity index (χ4n) is 4.15. The van der Waals surface area contributed by atoms with Crippen molar-refractivity contribution < 1.29 is 24.0 Å². The van der Waals surface area contributed by atoms with Crippen molar-refractivity contribution in [2.45, 2.75) is 52.5 Å². The molecule has 0 saturated heterocycles. The van der Waals surface area contributed by atoms with Gasteiger partial charge in [0.1, 0.15) is 11.9 Å². The molecule has 1 aliphatic carbocycles. The molecule has 1 aromatic heterocycles. The average Bonchev–Trinajstić information content (AvgIpc) is 3.39. The second kappa shape index (κ2) is 10.2. The van der Waals surface area contributed by atoms with Crippen LogP contribution >= 0.6 is 0 Å². The minimum absolute atomic E-state index is 0.0410. The molecule has 1 heterocycles. The van der Waals surface area contributed by atoms with Crippen molar-refractivity contribution in [1.29, 1.82) is 5.26 Å². The molecule has 0 aliphatic heterocycles. The lowest BCUT2D eigenvalue weighted by Gasteiger charge is -2.19. The third kappa shape index (κ3) is 4.98. The largest absolute Gasteiger partial charge is 0.487 e. The molecule has 0 atom stereocenters. The smallest absolute Gasteiger partial charge is 0.338 e. The maximum Gasteiger partial charge on any atom is 0.338 e. The Morgan fingerprint density at radius 3 is 2.61 bits per heavy atom. The van der Waals surface area contributed by atoms with Crippen LogP contribution in [-0.2, 0) is 9.53 Å². The Labute approximate surface area is 191 Å². The number of aromatic nitrogens is 1. The van der Waals surface area contributed by atoms with Crippen molar-refractivity contribution in [3.05, 3.63) is 50.7 Å². The molecule has 0 radical (unpaired) electrons. The van der Waals surface area contributed by atoms with E-state index in [4.69, 9.17) is 9.47 Å². The normalized spacial score (nSPS) is 13.4. The van der Waals surface area contributed by atoms with E-state index in [1.54, 1.807) is 6.92 Å². The number of nitro benzene ring substituents is 1. The lowest BCUT2D eigenvalue weighted by Crippen LogP contribution is -2.24. The maximum atomic E-state index is 12.6. The SMILES string of the molecule is CCOc1ccc(C(=O)OCC(=O)Nc2c(C#N)c(C)c(C)n2C2CCCC2)cc1[N+](=O)[O-]. The molecule has 0 bridgehead atoms. The highest BCUT2D eigenvalue weighted by molar-refractivity contribution is 5.96. The molecular weight excluding hydrogens is 428 g/mol. The monoisotopic (exact) mass is 454 g/mol. The van der Waals surface area contributed by atoms with Gasteiger partial charge >= 0.3 is 11.7 Å². The minimum Gasteiger partial charge on any atom is -0.487 e. The van der Waals surface area contributed by atoms with Crippen LogP contribution in [0.1, 0.15) is 65.8 Å². The molecule has 1 saturated carbocycles. The van der Waals surface area contributed by atoms with Crippen LogP contribution in [0.2, 0.25) is 0 Å². The van der Waals surface area contributed by atoms with Crippen molar-refractivity contribution in [2.75, 3.05) is 18.5 Å². The third-order valence-corrected chi connectivity index (χ3v) is 5.84. The number of rotatable bonds is 8. The molecule has 2 aromatic rings. The van der Waals surface area contributed by atoms with E-state index in [1.165, 1.54) is 12.1 Å². The zero-order valence-corrected chi connectivity index (χ0v) is 18.8. The number of ether oxygens (including phenoxy) is 2. The first-order valence-electron chi connectivity index (χ1n) is 10.8. The van der Waals surface area contributed by atoms with Gasteiger partial charge in [0, 0.05) is 17.8 Å². The van der Waals surface area contributed by atoms with Crippen LogP contribution in [0.15, 0.2) is 18.2 Å². The van der Waals surface area contributed by atoms with Crippen molar-refractivity contribution >= 4 is 23.4 Å². The van der Waals surface area contributed by atoms with Crippen LogP contribution in [0.3, 0.4) is 0 Å². The number of carbonyl (C=O) groups is 2. The summed E-state index contributed by atoms with van der Waals surface area (Å²) in [5, 5.41) is 23.6. The predicted molar refractivity (Wildman–Crippen MR) is 119 cm³/mol. The Kier molecular flexibility index (Phi) is 7.33. The van der Waals surface area contributed by atoms with Gasteiger partial charge in [0.15, 0.2) is 12.4 Å². The van der Waals surface area contributed by atoms with E-state index in [9.17, 15) is 25.0 Å². The summed E-state index contributed by atoms with van der Waals surface area (Å²) in [4.78, 5) is 35.6. The van der Waals surface area contributed by atoms with Crippen molar-refractivity contribution in [1.82, 2.24) is 4.57 Å². The van der Waals surface area contributed by atoms with Crippen molar-refractivity contribution in [2.24, 2.45) is 0 Å². The second-order valence-electron chi connectivity index (χ2n) is 7.85. The number of hydrogen-bond donors (Lipinski definition) is 1. The first-order chi connectivity index (χ1) is 15.8. The quantitative estimate of drug-likeness (QED) is 0.359. The number of amides is 1. The lowest BCUT2D eigenvalue weighted by molar-refractivity contribution is -0.385. The number of nitrogens with zero attached hydrogens (tertiary/aromatic N) is 3. The average molecular weight is 454 g/mol. The van der Waals surface area contributed by atoms with E-state index in [0.29, 0.717) is 11.4 Å². The van der Waals surface area contributed by atoms with Crippen LogP contribution in [0, 0.1) is 35.3 Å². The Morgan fingerprint density at radius 2 is 2.00 bits per heavy atom. The predicted octanol–water partition coefficient (Wildman–Crippen LogP) is 4.19. The lowest BCUT2D eigenvalue weighted by atomic mass is 10.2. The molecule has 10 heteroatoms. The number of carbonyl (C=O) groups excluding carboxylic acids is 2. The Bertz CT molecular complexity index is 1120. The van der Waals surface area contributed by atoms with E-state index < -0.39 is 23.4 Å². The zero-order valence-electron chi connectivity index (χ0n) is 18.8. The number of benzene rings is 1. The van der Waals surface area contributed by atoms with Gasteiger partial charge in [-0.1, -0.05) is 12.8 Å². The van der Waals surface area contributed by atoms with Gasteiger partial charge in [-0.3, -0.25) is 14.9 Å². The molecule has 0 unspecified atom stereocenters. The molecule has 3 rings (SSSR count). The number of hydrogen-bond acceptors (Lipinski definition) is 7. The number of anilines is 1. The van der Waals surface area contributed by atoms with E-state index >= 15 is 0 Å². The highest BCUT2D eigenvalue weighted by atomic mass is 16.6. The topological polar surface area (TPSA) is 136 Å². The molecule has 33 heavy (non-hydrogen) atoms. The number of nitrogens with one attached hydrogen (secondary N) is 1. The van der Waals surface area contributed by atoms with E-state index in [2.05, 4.69) is 11.4 Å². The van der Waals surface area contributed by atoms with Crippen LogP contribution in [-0.4, -0.2) is 34.6 Å². The second-order valence-corrected chi connectivity index (χ2v) is 7.85. The van der Waals surface area contributed by atoms with Gasteiger partial charge in [-0.05, 0) is 51.3 Å². The van der Waals surface area contributed by atoms with Gasteiger partial charge in [-0.15, -0.1) is 0 Å². The minimum atomic E-state index is -0.879. The fourth-order valence-corrected chi connectivity index (χ4v) is 4.15. The molecule has 1 amide bonds. The molecule has 1 aromatic carbocycles. The highest BCUT2D eigenvalue weighted by Crippen LogP contribution is 2.37. The van der Waals surface area contributed by atoms with Gasteiger partial charge in [0.2, 0.25) is 0 Å². The summed E-state index contributed by atoms with van der Waals surface area (Å²) in [6.07, 6.45) is 4.10. The Hall–Kier alpha value is -3.87. The van der Waals surface area contributed by atoms with E-state index in [0.717, 1.165) is 43.0 Å². The van der Waals surface area contributed by atoms with Gasteiger partial charge < -0.3 is 19.4 Å². The summed E-state index contributed by atoms with van der Waals surface area (Å²) in [7, 11) is 0. The summed E-state index contributed by atoms with van der Waals surface area (Å²) in [6, 6.07) is 6.07. The van der Waals surface area contributed by atoms with Gasteiger partial charge in [-0.2, -0.15) is 5.26 Å². The highest BCUT2D eigenvalue weighted by Gasteiger charge is 2.27. The van der Waals surface area contributed by atoms with Crippen molar-refractivity contribution in [3.8, 4) is 11.8 Å². The molecule has 1 fully saturated rings. The molecule has 174 valence electrons. The van der Waals surface area contributed by atoms with Crippen LogP contribution in [0.5, 0.6) is 5.75 Å². The molecule has 1 aliphatic rings. The fraction of sp³-hybridized carbons (Fsp3) is 0.435. The summed E-state index contributed by atoms with van der Waals surface area (Å²) >= 11 is 0. The maximum absolute atomic E-state index is 12.6. The summed E-state index contributed by atoms with van der Waals surface area (Å²) < 4.78 is 12.3. The van der Waals surface area contributed by atoms with Gasteiger partial charge in [-0.25, -0.2) is 4.79 Å². The van der Waals surface area contributed by atoms with Gasteiger partial charge in [0.05, 0.1) is 22.7 Å². The van der Waals surface area contributed by atoms with Crippen LogP contribution in [0.25, 0.3) is 0 Å². The van der Waals surface area contributed by atoms with Crippen LogP contribution in [0.4, 0.5) is 11.5 Å². The number of esters is 1. The molecule has 10 nitrogen and oxygen atoms in total. The first kappa shape index (κ1) is 23.8.